The molecule has 0 fully saturated rings. The van der Waals surface area contributed by atoms with Crippen molar-refractivity contribution >= 4 is 38.8 Å². The molecule has 0 spiro atoms. The molecule has 3 nitrogen and oxygen atoms in total. The minimum Gasteiger partial charge on any atom is -0.327 e. The minimum atomic E-state index is 0.496. The van der Waals surface area contributed by atoms with Crippen molar-refractivity contribution in [3.63, 3.8) is 0 Å². The van der Waals surface area contributed by atoms with Crippen molar-refractivity contribution in [3.05, 3.63) is 235 Å². The molecule has 0 aliphatic rings. The van der Waals surface area contributed by atoms with Crippen LogP contribution in [0.1, 0.15) is 109 Å². The highest BCUT2D eigenvalue weighted by atomic mass is 15.0. The smallest absolute Gasteiger partial charge is 0.0633 e. The molecule has 0 aliphatic carbocycles. The fraction of sp³-hybridized carbons (Fsp3) is 0.239. The maximum Gasteiger partial charge on any atom is 0.0633 e. The van der Waals surface area contributed by atoms with Gasteiger partial charge in [-0.2, -0.15) is 0 Å². The molecule has 8 aromatic rings. The van der Waals surface area contributed by atoms with Crippen molar-refractivity contribution in [2.75, 3.05) is 6.54 Å². The average Bonchev–Trinajstić information content (AvgIpc) is 3.74. The maximum atomic E-state index is 5.92. The molecule has 8 rings (SSSR count). The molecule has 70 heavy (non-hydrogen) atoms. The molecule has 0 saturated heterocycles. The fourth-order valence-corrected chi connectivity index (χ4v) is 8.77. The Balaban J connectivity index is 0.000000627. The van der Waals surface area contributed by atoms with Gasteiger partial charge in [-0.25, -0.2) is 0 Å². The second kappa shape index (κ2) is 28.4. The predicted molar refractivity (Wildman–Crippen MR) is 311 cm³/mol. The van der Waals surface area contributed by atoms with Gasteiger partial charge in [0.15, 0.2) is 0 Å². The van der Waals surface area contributed by atoms with Gasteiger partial charge in [0.05, 0.1) is 16.7 Å². The van der Waals surface area contributed by atoms with Gasteiger partial charge in [-0.15, -0.1) is 0 Å². The number of aromatic nitrogens is 1. The lowest BCUT2D eigenvalue weighted by molar-refractivity contribution is 0.560. The summed E-state index contributed by atoms with van der Waals surface area (Å²) in [6.45, 7) is 23.6. The van der Waals surface area contributed by atoms with Gasteiger partial charge in [0.2, 0.25) is 0 Å². The summed E-state index contributed by atoms with van der Waals surface area (Å²) in [5.74, 6) is 0.871. The van der Waals surface area contributed by atoms with Crippen LogP contribution in [-0.4, -0.2) is 16.8 Å². The first kappa shape index (κ1) is 53.9. The Morgan fingerprint density at radius 2 is 1.30 bits per heavy atom. The molecular weight excluding hydrogens is 847 g/mol. The highest BCUT2D eigenvalue weighted by Crippen LogP contribution is 2.37. The van der Waals surface area contributed by atoms with Gasteiger partial charge in [0.1, 0.15) is 0 Å². The Hall–Kier alpha value is -7.07. The lowest BCUT2D eigenvalue weighted by atomic mass is 9.87. The summed E-state index contributed by atoms with van der Waals surface area (Å²) in [6, 6.07) is 60.7. The highest BCUT2D eigenvalue weighted by molar-refractivity contribution is 6.10. The van der Waals surface area contributed by atoms with Crippen LogP contribution in [0, 0.1) is 12.8 Å². The third kappa shape index (κ3) is 14.5. The van der Waals surface area contributed by atoms with E-state index < -0.39 is 0 Å². The number of aryl methyl sites for hydroxylation is 2. The summed E-state index contributed by atoms with van der Waals surface area (Å²) in [4.78, 5) is 4.90. The number of hydrogen-bond donors (Lipinski definition) is 1. The number of benzene rings is 7. The maximum absolute atomic E-state index is 5.92. The van der Waals surface area contributed by atoms with Crippen LogP contribution in [0.25, 0.3) is 61.0 Å². The SMILES string of the molecule is C/C=C\CCCC(C)C.C=C(N=C(C)c1cccc(-c2cccc(C)c2/C(=C/C=C\CN)CCc2cccc(-c3ccc4c(c3)c3ccccc3n4-c3ccccc3)c2)c1)c1ccccc1.CC.CC. The van der Waals surface area contributed by atoms with Crippen LogP contribution in [0.5, 0.6) is 0 Å². The van der Waals surface area contributed by atoms with Gasteiger partial charge >= 0.3 is 0 Å². The van der Waals surface area contributed by atoms with E-state index in [1.807, 2.05) is 64.1 Å². The van der Waals surface area contributed by atoms with Crippen LogP contribution >= 0.6 is 0 Å². The summed E-state index contributed by atoms with van der Waals surface area (Å²) in [5.41, 5.74) is 23.2. The Morgan fingerprint density at radius 3 is 2.03 bits per heavy atom. The monoisotopic (exact) mass is 924 g/mol. The van der Waals surface area contributed by atoms with Gasteiger partial charge in [0.25, 0.3) is 0 Å². The van der Waals surface area contributed by atoms with Gasteiger partial charge in [-0.05, 0) is 144 Å². The van der Waals surface area contributed by atoms with Crippen molar-refractivity contribution in [1.29, 1.82) is 0 Å². The third-order valence-electron chi connectivity index (χ3n) is 12.2. The molecule has 0 bridgehead atoms. The van der Waals surface area contributed by atoms with Gasteiger partial charge in [-0.3, -0.25) is 4.99 Å². The molecule has 2 N–H and O–H groups in total. The van der Waals surface area contributed by atoms with E-state index in [2.05, 4.69) is 210 Å². The highest BCUT2D eigenvalue weighted by Gasteiger charge is 2.16. The van der Waals surface area contributed by atoms with E-state index in [1.54, 1.807) is 0 Å². The molecule has 1 aromatic heterocycles. The quantitative estimate of drug-likeness (QED) is 0.0446. The molecule has 360 valence electrons. The minimum absolute atomic E-state index is 0.496. The number of fused-ring (bicyclic) bond motifs is 3. The molecule has 0 amide bonds. The number of para-hydroxylation sites is 2. The number of aliphatic imine (C=N–C) groups is 1. The molecule has 7 aromatic carbocycles. The summed E-state index contributed by atoms with van der Waals surface area (Å²) >= 11 is 0. The van der Waals surface area contributed by atoms with Crippen molar-refractivity contribution < 1.29 is 0 Å². The van der Waals surface area contributed by atoms with E-state index in [4.69, 9.17) is 10.7 Å². The van der Waals surface area contributed by atoms with E-state index in [0.717, 1.165) is 46.9 Å². The van der Waals surface area contributed by atoms with Crippen LogP contribution < -0.4 is 5.73 Å². The molecule has 0 saturated carbocycles. The van der Waals surface area contributed by atoms with Crippen LogP contribution in [-0.2, 0) is 6.42 Å². The Morgan fingerprint density at radius 1 is 0.657 bits per heavy atom. The van der Waals surface area contributed by atoms with E-state index >= 15 is 0 Å². The number of hydrogen-bond acceptors (Lipinski definition) is 2. The molecule has 0 atom stereocenters. The number of rotatable bonds is 16. The van der Waals surface area contributed by atoms with Crippen LogP contribution in [0.3, 0.4) is 0 Å². The molecule has 0 aliphatic heterocycles. The number of unbranched alkanes of at least 4 members (excludes halogenated alkanes) is 1. The molecular formula is C67H77N3. The third-order valence-corrected chi connectivity index (χ3v) is 12.2. The molecule has 1 heterocycles. The lowest BCUT2D eigenvalue weighted by Gasteiger charge is -2.18. The van der Waals surface area contributed by atoms with Crippen LogP contribution in [0.2, 0.25) is 0 Å². The summed E-state index contributed by atoms with van der Waals surface area (Å²) < 4.78 is 2.37. The van der Waals surface area contributed by atoms with E-state index in [0.29, 0.717) is 6.54 Å². The predicted octanol–water partition coefficient (Wildman–Crippen LogP) is 18.9. The van der Waals surface area contributed by atoms with Crippen molar-refractivity contribution in [3.8, 4) is 27.9 Å². The first-order valence-corrected chi connectivity index (χ1v) is 25.6. The van der Waals surface area contributed by atoms with Crippen LogP contribution in [0.4, 0.5) is 0 Å². The largest absolute Gasteiger partial charge is 0.327 e. The Kier molecular flexibility index (Phi) is 21.9. The van der Waals surface area contributed by atoms with Gasteiger partial charge in [0, 0.05) is 28.7 Å². The average molecular weight is 924 g/mol. The number of nitrogens with two attached hydrogens (primary N) is 1. The summed E-state index contributed by atoms with van der Waals surface area (Å²) in [6.07, 6.45) is 16.5. The van der Waals surface area contributed by atoms with Crippen LogP contribution in [0.15, 0.2) is 212 Å². The van der Waals surface area contributed by atoms with Crippen molar-refractivity contribution in [1.82, 2.24) is 4.57 Å². The van der Waals surface area contributed by atoms with Gasteiger partial charge < -0.3 is 10.3 Å². The Bertz CT molecular complexity index is 2990. The van der Waals surface area contributed by atoms with E-state index in [-0.39, 0.29) is 0 Å². The Labute approximate surface area is 421 Å². The molecule has 3 heteroatoms. The summed E-state index contributed by atoms with van der Waals surface area (Å²) in [5, 5.41) is 2.52. The number of allylic oxidation sites excluding steroid dienone is 5. The second-order valence-corrected chi connectivity index (χ2v) is 17.5. The fourth-order valence-electron chi connectivity index (χ4n) is 8.77. The van der Waals surface area contributed by atoms with Crippen molar-refractivity contribution in [2.45, 2.75) is 94.4 Å². The first-order valence-electron chi connectivity index (χ1n) is 25.6. The number of nitrogens with zero attached hydrogens (tertiary/aromatic N) is 2. The molecule has 0 unspecified atom stereocenters. The van der Waals surface area contributed by atoms with Crippen molar-refractivity contribution in [2.24, 2.45) is 16.6 Å². The van der Waals surface area contributed by atoms with E-state index in [1.165, 1.54) is 85.7 Å². The zero-order valence-corrected chi connectivity index (χ0v) is 43.6. The molecule has 0 radical (unpaired) electrons. The zero-order chi connectivity index (χ0) is 50.3. The summed E-state index contributed by atoms with van der Waals surface area (Å²) in [7, 11) is 0. The standard InChI is InChI=1S/C54H47N3.C9H18.2C2H6/c1-38-17-14-28-49(47-24-16-22-44(36-47)40(3)56-39(2)42-19-6-4-7-20-42)54(38)43(21-12-13-34-55)31-30-41-18-15-23-45(35-41)46-32-33-53-51(37-46)50-27-10-11-29-52(50)57(53)48-25-8-5-9-26-48;1-4-5-6-7-8-9(2)3;2*1-2/h4-29,32-33,35-37H,2,30-31,34,55H2,1,3H3;4-5,9H,6-8H2,1-3H3;2*1-2H3/b13-12-,43-21+,56-40?;5-4-;;. The lowest BCUT2D eigenvalue weighted by Crippen LogP contribution is -1.99. The first-order chi connectivity index (χ1) is 34.2. The topological polar surface area (TPSA) is 43.3 Å². The van der Waals surface area contributed by atoms with E-state index in [9.17, 15) is 0 Å². The van der Waals surface area contributed by atoms with Gasteiger partial charge in [-0.1, -0.05) is 218 Å². The zero-order valence-electron chi connectivity index (χ0n) is 43.6. The normalized spacial score (nSPS) is 11.6. The second-order valence-electron chi connectivity index (χ2n) is 17.5.